The molecule has 38 heavy (non-hydrogen) atoms. The Balaban J connectivity index is 1.39. The van der Waals surface area contributed by atoms with Crippen LogP contribution in [-0.2, 0) is 30.8 Å². The zero-order valence-electron chi connectivity index (χ0n) is 22.1. The van der Waals surface area contributed by atoms with Crippen LogP contribution in [0.4, 0.5) is 0 Å². The minimum atomic E-state index is -0.0850. The third-order valence-electron chi connectivity index (χ3n) is 7.01. The summed E-state index contributed by atoms with van der Waals surface area (Å²) in [7, 11) is 3.26. The lowest BCUT2D eigenvalue weighted by molar-refractivity contribution is 0.0916. The molecule has 0 aliphatic carbocycles. The molecule has 1 saturated heterocycles. The van der Waals surface area contributed by atoms with Crippen LogP contribution in [0.15, 0.2) is 47.3 Å². The van der Waals surface area contributed by atoms with E-state index < -0.39 is 0 Å². The predicted molar refractivity (Wildman–Crippen MR) is 143 cm³/mol. The van der Waals surface area contributed by atoms with Gasteiger partial charge in [-0.3, -0.25) is 9.69 Å². The molecular weight excluding hydrogens is 484 g/mol. The fraction of sp³-hybridized carbons (Fsp3) is 0.429. The van der Waals surface area contributed by atoms with Crippen LogP contribution in [0.1, 0.15) is 35.4 Å². The molecule has 0 amide bonds. The van der Waals surface area contributed by atoms with E-state index in [1.807, 2.05) is 48.0 Å². The molecule has 1 aliphatic rings. The number of aromatic amines is 1. The van der Waals surface area contributed by atoms with E-state index in [-0.39, 0.29) is 11.7 Å². The van der Waals surface area contributed by atoms with Crippen LogP contribution in [0, 0.1) is 6.92 Å². The summed E-state index contributed by atoms with van der Waals surface area (Å²) < 4.78 is 18.5. The molecule has 2 aromatic heterocycles. The van der Waals surface area contributed by atoms with Crippen LogP contribution in [0.2, 0.25) is 0 Å². The first-order valence-electron chi connectivity index (χ1n) is 12.9. The number of rotatable bonds is 11. The summed E-state index contributed by atoms with van der Waals surface area (Å²) >= 11 is 0. The van der Waals surface area contributed by atoms with Gasteiger partial charge in [0.05, 0.1) is 33.4 Å². The summed E-state index contributed by atoms with van der Waals surface area (Å²) in [5.74, 6) is 2.14. The molecule has 1 N–H and O–H groups in total. The van der Waals surface area contributed by atoms with Gasteiger partial charge in [-0.15, -0.1) is 5.10 Å². The summed E-state index contributed by atoms with van der Waals surface area (Å²) in [4.78, 5) is 18.3. The Morgan fingerprint density at radius 3 is 2.76 bits per heavy atom. The SMILES string of the molecule is COc1ccc(CCN(Cc2cc3ccc(C)cc3[nH]c2=O)Cc2nnnn2C[C@H]2CCCO2)cc1OC. The molecule has 2 aromatic carbocycles. The number of H-pyrrole nitrogens is 1. The lowest BCUT2D eigenvalue weighted by Crippen LogP contribution is -2.30. The molecule has 0 saturated carbocycles. The number of aromatic nitrogens is 5. The number of tetrazole rings is 1. The summed E-state index contributed by atoms with van der Waals surface area (Å²) in [5.41, 5.74) is 3.67. The summed E-state index contributed by atoms with van der Waals surface area (Å²) in [5, 5.41) is 13.5. The highest BCUT2D eigenvalue weighted by molar-refractivity contribution is 5.79. The first-order chi connectivity index (χ1) is 18.5. The Kier molecular flexibility index (Phi) is 8.00. The Hall–Kier alpha value is -3.76. The van der Waals surface area contributed by atoms with Crippen molar-refractivity contribution in [2.75, 3.05) is 27.4 Å². The van der Waals surface area contributed by atoms with Crippen LogP contribution in [0.3, 0.4) is 0 Å². The number of nitrogens with zero attached hydrogens (tertiary/aromatic N) is 5. The number of hydrogen-bond donors (Lipinski definition) is 1. The maximum atomic E-state index is 13.0. The third-order valence-corrected chi connectivity index (χ3v) is 7.01. The molecule has 1 atom stereocenters. The number of pyridine rings is 1. The first kappa shape index (κ1) is 25.9. The van der Waals surface area contributed by atoms with Crippen LogP contribution in [-0.4, -0.2) is 63.6 Å². The second kappa shape index (κ2) is 11.7. The minimum Gasteiger partial charge on any atom is -0.493 e. The Bertz CT molecular complexity index is 1440. The molecule has 200 valence electrons. The van der Waals surface area contributed by atoms with Crippen molar-refractivity contribution in [2.45, 2.75) is 51.9 Å². The number of aryl methyl sites for hydroxylation is 1. The molecule has 1 aliphatic heterocycles. The summed E-state index contributed by atoms with van der Waals surface area (Å²) in [6.45, 7) is 5.07. The molecule has 0 spiro atoms. The van der Waals surface area contributed by atoms with Crippen molar-refractivity contribution >= 4 is 10.9 Å². The third kappa shape index (κ3) is 6.03. The van der Waals surface area contributed by atoms with Gasteiger partial charge in [0.15, 0.2) is 17.3 Å². The number of benzene rings is 2. The number of methoxy groups -OCH3 is 2. The van der Waals surface area contributed by atoms with Gasteiger partial charge in [-0.05, 0) is 77.4 Å². The molecule has 5 rings (SSSR count). The van der Waals surface area contributed by atoms with Crippen molar-refractivity contribution in [3.05, 3.63) is 75.3 Å². The van der Waals surface area contributed by atoms with Crippen molar-refractivity contribution in [1.82, 2.24) is 30.1 Å². The first-order valence-corrected chi connectivity index (χ1v) is 12.9. The molecular formula is C28H34N6O4. The number of hydrogen-bond acceptors (Lipinski definition) is 8. The largest absolute Gasteiger partial charge is 0.493 e. The minimum absolute atomic E-state index is 0.0850. The average molecular weight is 519 g/mol. The lowest BCUT2D eigenvalue weighted by atomic mass is 10.1. The van der Waals surface area contributed by atoms with Crippen LogP contribution >= 0.6 is 0 Å². The highest BCUT2D eigenvalue weighted by atomic mass is 16.5. The molecule has 4 aromatic rings. The standard InChI is InChI=1S/C28H34N6O4/c1-19-6-8-21-15-22(28(35)29-24(21)13-19)16-33(11-10-20-7-9-25(36-2)26(14-20)37-3)18-27-30-31-32-34(27)17-23-5-4-12-38-23/h6-9,13-15,23H,4-5,10-12,16-18H2,1-3H3,(H,29,35)/t23-/m1/s1. The predicted octanol–water partition coefficient (Wildman–Crippen LogP) is 3.26. The van der Waals surface area contributed by atoms with Gasteiger partial charge in [-0.25, -0.2) is 4.68 Å². The van der Waals surface area contributed by atoms with Crippen molar-refractivity contribution in [3.8, 4) is 11.5 Å². The summed E-state index contributed by atoms with van der Waals surface area (Å²) in [6.07, 6.45) is 2.94. The highest BCUT2D eigenvalue weighted by Gasteiger charge is 2.21. The molecule has 10 heteroatoms. The fourth-order valence-electron chi connectivity index (χ4n) is 4.92. The second-order valence-electron chi connectivity index (χ2n) is 9.78. The number of fused-ring (bicyclic) bond motifs is 1. The topological polar surface area (TPSA) is 107 Å². The molecule has 0 unspecified atom stereocenters. The van der Waals surface area contributed by atoms with E-state index in [1.54, 1.807) is 14.2 Å². The van der Waals surface area contributed by atoms with Gasteiger partial charge < -0.3 is 19.2 Å². The lowest BCUT2D eigenvalue weighted by Gasteiger charge is -2.22. The maximum absolute atomic E-state index is 13.0. The number of ether oxygens (including phenoxy) is 3. The average Bonchev–Trinajstić information content (AvgIpc) is 3.60. The van der Waals surface area contributed by atoms with E-state index in [1.165, 1.54) is 0 Å². The van der Waals surface area contributed by atoms with Gasteiger partial charge >= 0.3 is 0 Å². The van der Waals surface area contributed by atoms with E-state index in [4.69, 9.17) is 14.2 Å². The van der Waals surface area contributed by atoms with Crippen molar-refractivity contribution < 1.29 is 14.2 Å². The second-order valence-corrected chi connectivity index (χ2v) is 9.78. The normalized spacial score (nSPS) is 15.4. The van der Waals surface area contributed by atoms with Gasteiger partial charge in [0, 0.05) is 30.8 Å². The van der Waals surface area contributed by atoms with Crippen molar-refractivity contribution in [3.63, 3.8) is 0 Å². The highest BCUT2D eigenvalue weighted by Crippen LogP contribution is 2.28. The fourth-order valence-corrected chi connectivity index (χ4v) is 4.92. The monoisotopic (exact) mass is 518 g/mol. The van der Waals surface area contributed by atoms with Crippen LogP contribution in [0.25, 0.3) is 10.9 Å². The van der Waals surface area contributed by atoms with Crippen molar-refractivity contribution in [1.29, 1.82) is 0 Å². The van der Waals surface area contributed by atoms with Gasteiger partial charge in [0.2, 0.25) is 0 Å². The number of nitrogens with one attached hydrogen (secondary N) is 1. The molecule has 3 heterocycles. The van der Waals surface area contributed by atoms with Gasteiger partial charge in [-0.2, -0.15) is 0 Å². The Labute approximate surface area is 221 Å². The molecule has 1 fully saturated rings. The molecule has 0 bridgehead atoms. The van der Waals surface area contributed by atoms with E-state index in [0.29, 0.717) is 43.2 Å². The molecule has 0 radical (unpaired) electrons. The van der Waals surface area contributed by atoms with Gasteiger partial charge in [0.25, 0.3) is 5.56 Å². The van der Waals surface area contributed by atoms with Crippen LogP contribution < -0.4 is 15.0 Å². The smallest absolute Gasteiger partial charge is 0.252 e. The van der Waals surface area contributed by atoms with E-state index in [2.05, 4.69) is 31.5 Å². The van der Waals surface area contributed by atoms with Gasteiger partial charge in [-0.1, -0.05) is 18.2 Å². The quantitative estimate of drug-likeness (QED) is 0.322. The summed E-state index contributed by atoms with van der Waals surface area (Å²) in [6, 6.07) is 14.0. The zero-order chi connectivity index (χ0) is 26.5. The van der Waals surface area contributed by atoms with E-state index >= 15 is 0 Å². The Morgan fingerprint density at radius 1 is 1.11 bits per heavy atom. The maximum Gasteiger partial charge on any atom is 0.252 e. The van der Waals surface area contributed by atoms with Crippen LogP contribution in [0.5, 0.6) is 11.5 Å². The van der Waals surface area contributed by atoms with E-state index in [9.17, 15) is 4.79 Å². The van der Waals surface area contributed by atoms with Crippen molar-refractivity contribution in [2.24, 2.45) is 0 Å². The van der Waals surface area contributed by atoms with E-state index in [0.717, 1.165) is 53.7 Å². The van der Waals surface area contributed by atoms with Gasteiger partial charge in [0.1, 0.15) is 0 Å². The zero-order valence-corrected chi connectivity index (χ0v) is 22.1. The Morgan fingerprint density at radius 2 is 1.97 bits per heavy atom. The molecule has 10 nitrogen and oxygen atoms in total.